The summed E-state index contributed by atoms with van der Waals surface area (Å²) in [5, 5.41) is 0. The Bertz CT molecular complexity index is 391. The number of ether oxygens (including phenoxy) is 1. The zero-order valence-electron chi connectivity index (χ0n) is 9.22. The minimum absolute atomic E-state index is 0.331. The van der Waals surface area contributed by atoms with Gasteiger partial charge in [-0.05, 0) is 18.6 Å². The Hall–Kier alpha value is -1.20. The summed E-state index contributed by atoms with van der Waals surface area (Å²) in [6, 6.07) is 4.31. The lowest BCUT2D eigenvalue weighted by Crippen LogP contribution is -2.32. The maximum absolute atomic E-state index is 5.56. The molecule has 0 aliphatic carbocycles. The fourth-order valence-electron chi connectivity index (χ4n) is 1.81. The molecule has 0 radical (unpaired) electrons. The Morgan fingerprint density at radius 2 is 2.50 bits per heavy atom. The molecular formula is C11H15N3OS. The fourth-order valence-corrected chi connectivity index (χ4v) is 1.92. The van der Waals surface area contributed by atoms with Gasteiger partial charge in [0.2, 0.25) is 0 Å². The third-order valence-electron chi connectivity index (χ3n) is 2.86. The summed E-state index contributed by atoms with van der Waals surface area (Å²) < 4.78 is 5.37. The molecule has 1 aliphatic heterocycles. The number of hydrogen-bond acceptors (Lipinski definition) is 4. The lowest BCUT2D eigenvalue weighted by molar-refractivity contribution is 0.193. The van der Waals surface area contributed by atoms with Crippen molar-refractivity contribution in [2.24, 2.45) is 5.73 Å². The molecule has 1 atom stereocenters. The van der Waals surface area contributed by atoms with Gasteiger partial charge in [-0.3, -0.25) is 4.98 Å². The first kappa shape index (κ1) is 11.3. The van der Waals surface area contributed by atoms with Crippen LogP contribution in [0.1, 0.15) is 12.1 Å². The summed E-state index contributed by atoms with van der Waals surface area (Å²) >= 11 is 4.92. The summed E-state index contributed by atoms with van der Waals surface area (Å²) in [5.74, 6) is 0. The van der Waals surface area contributed by atoms with E-state index in [2.05, 4.69) is 16.9 Å². The van der Waals surface area contributed by atoms with Gasteiger partial charge in [0.15, 0.2) is 0 Å². The topological polar surface area (TPSA) is 51.4 Å². The molecular weight excluding hydrogens is 222 g/mol. The third kappa shape index (κ3) is 2.31. The molecule has 86 valence electrons. The molecule has 1 fully saturated rings. The van der Waals surface area contributed by atoms with Gasteiger partial charge in [0.25, 0.3) is 0 Å². The Kier molecular flexibility index (Phi) is 3.36. The number of aromatic nitrogens is 1. The second-order valence-corrected chi connectivity index (χ2v) is 4.33. The van der Waals surface area contributed by atoms with Crippen LogP contribution < -0.4 is 10.6 Å². The van der Waals surface area contributed by atoms with Crippen molar-refractivity contribution < 1.29 is 4.74 Å². The van der Waals surface area contributed by atoms with Gasteiger partial charge in [-0.1, -0.05) is 12.2 Å². The lowest BCUT2D eigenvalue weighted by atomic mass is 10.2. The summed E-state index contributed by atoms with van der Waals surface area (Å²) in [6.45, 7) is 1.61. The van der Waals surface area contributed by atoms with Gasteiger partial charge >= 0.3 is 0 Å². The Morgan fingerprint density at radius 1 is 1.69 bits per heavy atom. The maximum Gasteiger partial charge on any atom is 0.122 e. The highest BCUT2D eigenvalue weighted by Crippen LogP contribution is 2.20. The normalized spacial score (nSPS) is 19.7. The first-order valence-corrected chi connectivity index (χ1v) is 5.66. The van der Waals surface area contributed by atoms with Crippen molar-refractivity contribution in [3.05, 3.63) is 24.0 Å². The van der Waals surface area contributed by atoms with Gasteiger partial charge in [-0.2, -0.15) is 0 Å². The number of hydrogen-bond donors (Lipinski definition) is 1. The molecule has 0 saturated carbocycles. The average Bonchev–Trinajstić information content (AvgIpc) is 2.81. The molecule has 4 nitrogen and oxygen atoms in total. The number of pyridine rings is 1. The van der Waals surface area contributed by atoms with Gasteiger partial charge in [-0.15, -0.1) is 0 Å². The van der Waals surface area contributed by atoms with Crippen LogP contribution in [0.3, 0.4) is 0 Å². The first-order valence-electron chi connectivity index (χ1n) is 5.25. The zero-order valence-corrected chi connectivity index (χ0v) is 10.0. The standard InChI is InChI=1S/C11H15N3OS/c1-14(9-3-5-15-7-9)8-2-4-13-10(6-8)11(12)16/h2,4,6,9H,3,5,7H2,1H3,(H2,12,16). The predicted octanol–water partition coefficient (Wildman–Crippen LogP) is 0.941. The van der Waals surface area contributed by atoms with Crippen molar-refractivity contribution in [1.29, 1.82) is 0 Å². The smallest absolute Gasteiger partial charge is 0.122 e. The monoisotopic (exact) mass is 237 g/mol. The second-order valence-electron chi connectivity index (χ2n) is 3.89. The van der Waals surface area contributed by atoms with Crippen LogP contribution in [0.15, 0.2) is 18.3 Å². The summed E-state index contributed by atoms with van der Waals surface area (Å²) in [7, 11) is 2.05. The van der Waals surface area contributed by atoms with Crippen molar-refractivity contribution in [3.63, 3.8) is 0 Å². The van der Waals surface area contributed by atoms with E-state index in [0.29, 0.717) is 16.7 Å². The van der Waals surface area contributed by atoms with E-state index in [1.807, 2.05) is 12.1 Å². The highest BCUT2D eigenvalue weighted by Gasteiger charge is 2.20. The van der Waals surface area contributed by atoms with Crippen LogP contribution in [-0.2, 0) is 4.74 Å². The molecule has 1 unspecified atom stereocenters. The highest BCUT2D eigenvalue weighted by molar-refractivity contribution is 7.80. The van der Waals surface area contributed by atoms with Crippen LogP contribution >= 0.6 is 12.2 Å². The van der Waals surface area contributed by atoms with Crippen molar-refractivity contribution in [3.8, 4) is 0 Å². The van der Waals surface area contributed by atoms with Crippen LogP contribution in [0.25, 0.3) is 0 Å². The molecule has 5 heteroatoms. The maximum atomic E-state index is 5.56. The zero-order chi connectivity index (χ0) is 11.5. The molecule has 0 bridgehead atoms. The Morgan fingerprint density at radius 3 is 3.12 bits per heavy atom. The van der Waals surface area contributed by atoms with Crippen LogP contribution in [-0.4, -0.2) is 36.3 Å². The minimum Gasteiger partial charge on any atom is -0.388 e. The van der Waals surface area contributed by atoms with Crippen LogP contribution in [0.2, 0.25) is 0 Å². The number of anilines is 1. The fraction of sp³-hybridized carbons (Fsp3) is 0.455. The SMILES string of the molecule is CN(c1ccnc(C(N)=S)c1)C1CCOC1. The quantitative estimate of drug-likeness (QED) is 0.793. The molecule has 0 amide bonds. The van der Waals surface area contributed by atoms with Crippen LogP contribution in [0.4, 0.5) is 5.69 Å². The van der Waals surface area contributed by atoms with E-state index in [1.165, 1.54) is 0 Å². The Labute approximate surface area is 100 Å². The van der Waals surface area contributed by atoms with Crippen molar-refractivity contribution in [2.45, 2.75) is 12.5 Å². The van der Waals surface area contributed by atoms with E-state index in [-0.39, 0.29) is 0 Å². The van der Waals surface area contributed by atoms with E-state index in [9.17, 15) is 0 Å². The van der Waals surface area contributed by atoms with Gasteiger partial charge in [0.05, 0.1) is 18.3 Å². The first-order chi connectivity index (χ1) is 7.68. The Balaban J connectivity index is 2.18. The average molecular weight is 237 g/mol. The van der Waals surface area contributed by atoms with Gasteiger partial charge in [-0.25, -0.2) is 0 Å². The molecule has 2 heterocycles. The molecule has 1 aliphatic rings. The van der Waals surface area contributed by atoms with Crippen molar-refractivity contribution in [2.75, 3.05) is 25.2 Å². The molecule has 2 rings (SSSR count). The van der Waals surface area contributed by atoms with E-state index in [4.69, 9.17) is 22.7 Å². The predicted molar refractivity (Wildman–Crippen MR) is 67.8 cm³/mol. The minimum atomic E-state index is 0.331. The molecule has 0 spiro atoms. The summed E-state index contributed by atoms with van der Waals surface area (Å²) in [5.41, 5.74) is 7.30. The molecule has 1 aromatic rings. The van der Waals surface area contributed by atoms with E-state index in [0.717, 1.165) is 25.3 Å². The molecule has 16 heavy (non-hydrogen) atoms. The molecule has 1 saturated heterocycles. The molecule has 2 N–H and O–H groups in total. The van der Waals surface area contributed by atoms with Gasteiger partial charge < -0.3 is 15.4 Å². The number of likely N-dealkylation sites (N-methyl/N-ethyl adjacent to an activating group) is 1. The second kappa shape index (κ2) is 4.76. The van der Waals surface area contributed by atoms with Gasteiger partial charge in [0.1, 0.15) is 4.99 Å². The third-order valence-corrected chi connectivity index (χ3v) is 3.07. The lowest BCUT2D eigenvalue weighted by Gasteiger charge is -2.25. The summed E-state index contributed by atoms with van der Waals surface area (Å²) in [4.78, 5) is 6.65. The van der Waals surface area contributed by atoms with Gasteiger partial charge in [0, 0.05) is 25.5 Å². The number of nitrogens with zero attached hydrogens (tertiary/aromatic N) is 2. The van der Waals surface area contributed by atoms with E-state index >= 15 is 0 Å². The highest BCUT2D eigenvalue weighted by atomic mass is 32.1. The molecule has 1 aromatic heterocycles. The van der Waals surface area contributed by atoms with Crippen LogP contribution in [0, 0.1) is 0 Å². The van der Waals surface area contributed by atoms with Crippen molar-refractivity contribution >= 4 is 22.9 Å². The van der Waals surface area contributed by atoms with E-state index in [1.54, 1.807) is 6.20 Å². The van der Waals surface area contributed by atoms with E-state index < -0.39 is 0 Å². The molecule has 0 aromatic carbocycles. The number of thiocarbonyl (C=S) groups is 1. The van der Waals surface area contributed by atoms with Crippen molar-refractivity contribution in [1.82, 2.24) is 4.98 Å². The number of nitrogens with two attached hydrogens (primary N) is 1. The number of rotatable bonds is 3. The largest absolute Gasteiger partial charge is 0.388 e. The van der Waals surface area contributed by atoms with Crippen LogP contribution in [0.5, 0.6) is 0 Å². The summed E-state index contributed by atoms with van der Waals surface area (Å²) in [6.07, 6.45) is 2.79.